The van der Waals surface area contributed by atoms with Crippen molar-refractivity contribution in [2.24, 2.45) is 0 Å². The van der Waals surface area contributed by atoms with Crippen molar-refractivity contribution in [3.63, 3.8) is 0 Å². The van der Waals surface area contributed by atoms with Gasteiger partial charge in [-0.2, -0.15) is 0 Å². The summed E-state index contributed by atoms with van der Waals surface area (Å²) in [5, 5.41) is 9.50. The van der Waals surface area contributed by atoms with Crippen LogP contribution in [-0.2, 0) is 23.0 Å². The average molecular weight is 504 g/mol. The van der Waals surface area contributed by atoms with Crippen molar-refractivity contribution in [3.8, 4) is 11.1 Å². The number of nitrogens with zero attached hydrogens (tertiary/aromatic N) is 2. The second-order valence-corrected chi connectivity index (χ2v) is 11.2. The smallest absolute Gasteiger partial charge is 0.357 e. The van der Waals surface area contributed by atoms with Crippen LogP contribution in [0.2, 0.25) is 5.15 Å². The maximum Gasteiger partial charge on any atom is 0.357 e. The predicted molar refractivity (Wildman–Crippen MR) is 134 cm³/mol. The minimum Gasteiger partial charge on any atom is -0.476 e. The van der Waals surface area contributed by atoms with Crippen molar-refractivity contribution in [2.75, 3.05) is 0 Å². The summed E-state index contributed by atoms with van der Waals surface area (Å²) in [6.07, 6.45) is 2.32. The molecule has 0 fully saturated rings. The van der Waals surface area contributed by atoms with Crippen LogP contribution in [0.5, 0.6) is 0 Å². The number of unbranched alkanes of at least 4 members (excludes halogenated alkanes) is 1. The van der Waals surface area contributed by atoms with E-state index in [1.165, 1.54) is 0 Å². The monoisotopic (exact) mass is 503 g/mol. The Morgan fingerprint density at radius 1 is 1.15 bits per heavy atom. The molecular formula is C25H30ClN3O4S. The Kier molecular flexibility index (Phi) is 7.85. The lowest BCUT2D eigenvalue weighted by Gasteiger charge is -2.22. The summed E-state index contributed by atoms with van der Waals surface area (Å²) in [6.45, 7) is 7.60. The van der Waals surface area contributed by atoms with Crippen molar-refractivity contribution in [2.45, 2.75) is 63.9 Å². The van der Waals surface area contributed by atoms with E-state index < -0.39 is 21.5 Å². The van der Waals surface area contributed by atoms with Gasteiger partial charge in [0.25, 0.3) is 0 Å². The number of halogens is 1. The first-order valence-corrected chi connectivity index (χ1v) is 13.0. The number of nitrogens with one attached hydrogen (secondary N) is 1. The number of aromatic carboxylic acids is 1. The van der Waals surface area contributed by atoms with Crippen LogP contribution in [0.1, 0.15) is 62.4 Å². The first-order chi connectivity index (χ1) is 15.9. The van der Waals surface area contributed by atoms with Crippen molar-refractivity contribution < 1.29 is 18.3 Å². The van der Waals surface area contributed by atoms with E-state index in [1.54, 1.807) is 37.5 Å². The number of imidazole rings is 1. The summed E-state index contributed by atoms with van der Waals surface area (Å²) in [4.78, 5) is 16.0. The van der Waals surface area contributed by atoms with E-state index >= 15 is 0 Å². The SMILES string of the molecule is CCCCc1nc(C(=O)O)c(Cl)n1Cc1ccc(-c2ccccc2)c(S(=O)(=O)NC(C)(C)C)c1. The number of hydrogen-bond acceptors (Lipinski definition) is 4. The van der Waals surface area contributed by atoms with Crippen LogP contribution in [0.15, 0.2) is 53.4 Å². The highest BCUT2D eigenvalue weighted by Gasteiger charge is 2.26. The van der Waals surface area contributed by atoms with Crippen molar-refractivity contribution in [1.82, 2.24) is 14.3 Å². The van der Waals surface area contributed by atoms with Gasteiger partial charge in [0.05, 0.1) is 11.4 Å². The van der Waals surface area contributed by atoms with Gasteiger partial charge in [0.2, 0.25) is 10.0 Å². The molecule has 0 aliphatic heterocycles. The lowest BCUT2D eigenvalue weighted by molar-refractivity contribution is 0.0691. The van der Waals surface area contributed by atoms with Crippen LogP contribution in [0.3, 0.4) is 0 Å². The van der Waals surface area contributed by atoms with Crippen LogP contribution >= 0.6 is 11.6 Å². The summed E-state index contributed by atoms with van der Waals surface area (Å²) in [5.41, 5.74) is 1.16. The summed E-state index contributed by atoms with van der Waals surface area (Å²) in [6, 6.07) is 14.5. The quantitative estimate of drug-likeness (QED) is 0.408. The lowest BCUT2D eigenvalue weighted by atomic mass is 10.0. The topological polar surface area (TPSA) is 101 Å². The number of carboxylic acids is 1. The second-order valence-electron chi connectivity index (χ2n) is 9.21. The number of aryl methyl sites for hydroxylation is 1. The fourth-order valence-electron chi connectivity index (χ4n) is 3.68. The normalized spacial score (nSPS) is 12.1. The number of sulfonamides is 1. The molecule has 0 unspecified atom stereocenters. The zero-order chi connectivity index (χ0) is 25.1. The molecule has 0 bridgehead atoms. The molecule has 0 saturated carbocycles. The standard InChI is InChI=1S/C25H30ClN3O4S/c1-5-6-12-21-27-22(24(30)31)23(26)29(21)16-17-13-14-19(18-10-8-7-9-11-18)20(15-17)34(32,33)28-25(2,3)4/h7-11,13-15,28H,5-6,12,16H2,1-4H3,(H,30,31). The third-order valence-electron chi connectivity index (χ3n) is 5.14. The molecular weight excluding hydrogens is 474 g/mol. The van der Waals surface area contributed by atoms with Gasteiger partial charge < -0.3 is 9.67 Å². The van der Waals surface area contributed by atoms with Gasteiger partial charge in [0.15, 0.2) is 5.69 Å². The van der Waals surface area contributed by atoms with Gasteiger partial charge in [-0.1, -0.05) is 67.4 Å². The fraction of sp³-hybridized carbons (Fsp3) is 0.360. The van der Waals surface area contributed by atoms with Crippen LogP contribution in [0.25, 0.3) is 11.1 Å². The van der Waals surface area contributed by atoms with Crippen molar-refractivity contribution in [3.05, 3.63) is 70.8 Å². The molecule has 7 nitrogen and oxygen atoms in total. The molecule has 0 aliphatic carbocycles. The molecule has 0 spiro atoms. The second kappa shape index (κ2) is 10.3. The largest absolute Gasteiger partial charge is 0.476 e. The van der Waals surface area contributed by atoms with Crippen LogP contribution in [-0.4, -0.2) is 34.6 Å². The van der Waals surface area contributed by atoms with Gasteiger partial charge in [-0.15, -0.1) is 0 Å². The zero-order valence-corrected chi connectivity index (χ0v) is 21.4. The molecule has 3 aromatic rings. The van der Waals surface area contributed by atoms with Gasteiger partial charge >= 0.3 is 5.97 Å². The molecule has 0 radical (unpaired) electrons. The van der Waals surface area contributed by atoms with Crippen molar-refractivity contribution in [1.29, 1.82) is 0 Å². The first-order valence-electron chi connectivity index (χ1n) is 11.1. The molecule has 1 aromatic heterocycles. The lowest BCUT2D eigenvalue weighted by Crippen LogP contribution is -2.40. The van der Waals surface area contributed by atoms with E-state index in [4.69, 9.17) is 11.6 Å². The molecule has 2 N–H and O–H groups in total. The minimum atomic E-state index is -3.86. The Morgan fingerprint density at radius 2 is 1.82 bits per heavy atom. The molecule has 3 rings (SSSR count). The van der Waals surface area contributed by atoms with E-state index in [2.05, 4.69) is 9.71 Å². The Labute approximate surface area is 205 Å². The van der Waals surface area contributed by atoms with Gasteiger partial charge in [0.1, 0.15) is 11.0 Å². The highest BCUT2D eigenvalue weighted by Crippen LogP contribution is 2.30. The Bertz CT molecular complexity index is 1280. The molecule has 0 atom stereocenters. The Morgan fingerprint density at radius 3 is 2.41 bits per heavy atom. The Balaban J connectivity index is 2.12. The maximum absolute atomic E-state index is 13.4. The first kappa shape index (κ1) is 25.9. The number of rotatable bonds is 9. The molecule has 182 valence electrons. The summed E-state index contributed by atoms with van der Waals surface area (Å²) in [7, 11) is -3.86. The molecule has 2 aromatic carbocycles. The van der Waals surface area contributed by atoms with Gasteiger partial charge in [-0.3, -0.25) is 0 Å². The molecule has 9 heteroatoms. The molecule has 34 heavy (non-hydrogen) atoms. The van der Waals surface area contributed by atoms with Gasteiger partial charge in [-0.05, 0) is 44.4 Å². The van der Waals surface area contributed by atoms with Gasteiger partial charge in [0, 0.05) is 17.5 Å². The van der Waals surface area contributed by atoms with E-state index in [0.717, 1.165) is 18.4 Å². The predicted octanol–water partition coefficient (Wildman–Crippen LogP) is 5.37. The number of benzene rings is 2. The minimum absolute atomic E-state index is 0.0305. The number of carbonyl (C=O) groups is 1. The highest BCUT2D eigenvalue weighted by molar-refractivity contribution is 7.89. The molecule has 0 saturated heterocycles. The molecule has 0 aliphatic rings. The molecule has 1 heterocycles. The number of carboxylic acid groups (broad SMARTS) is 1. The van der Waals surface area contributed by atoms with E-state index in [9.17, 15) is 18.3 Å². The van der Waals surface area contributed by atoms with Crippen LogP contribution in [0.4, 0.5) is 0 Å². The number of hydrogen-bond donors (Lipinski definition) is 2. The fourth-order valence-corrected chi connectivity index (χ4v) is 5.66. The summed E-state index contributed by atoms with van der Waals surface area (Å²) >= 11 is 6.39. The van der Waals surface area contributed by atoms with E-state index in [1.807, 2.05) is 43.3 Å². The third-order valence-corrected chi connectivity index (χ3v) is 7.32. The number of aromatic nitrogens is 2. The summed E-state index contributed by atoms with van der Waals surface area (Å²) < 4.78 is 31.1. The van der Waals surface area contributed by atoms with Crippen LogP contribution < -0.4 is 4.72 Å². The van der Waals surface area contributed by atoms with E-state index in [0.29, 0.717) is 23.4 Å². The van der Waals surface area contributed by atoms with Crippen LogP contribution in [0, 0.1) is 0 Å². The Hall–Kier alpha value is -2.68. The average Bonchev–Trinajstić information content (AvgIpc) is 3.07. The van der Waals surface area contributed by atoms with Crippen molar-refractivity contribution >= 4 is 27.6 Å². The zero-order valence-electron chi connectivity index (χ0n) is 19.8. The summed E-state index contributed by atoms with van der Waals surface area (Å²) in [5.74, 6) is -0.632. The maximum atomic E-state index is 13.4. The van der Waals surface area contributed by atoms with E-state index in [-0.39, 0.29) is 22.3 Å². The molecule has 0 amide bonds. The van der Waals surface area contributed by atoms with Gasteiger partial charge in [-0.25, -0.2) is 22.9 Å². The third kappa shape index (κ3) is 6.05. The highest BCUT2D eigenvalue weighted by atomic mass is 35.5.